The summed E-state index contributed by atoms with van der Waals surface area (Å²) >= 11 is 12.3. The number of anilines is 2. The Bertz CT molecular complexity index is 1430. The molecule has 1 amide bonds. The molecule has 0 spiro atoms. The normalized spacial score (nSPS) is 14.2. The SMILES string of the molecule is C=C(OC(=O)C(F)(F)F)C(=O)N1CCC(Oc2cc3c(Nc4ccc(Cl)cc4Cl)ncnc3cc2OC)CC1. The van der Waals surface area contributed by atoms with Gasteiger partial charge in [-0.2, -0.15) is 13.2 Å². The molecule has 0 saturated carbocycles. The lowest BCUT2D eigenvalue weighted by Gasteiger charge is -2.32. The Morgan fingerprint density at radius 1 is 1.10 bits per heavy atom. The second-order valence-corrected chi connectivity index (χ2v) is 9.26. The van der Waals surface area contributed by atoms with Gasteiger partial charge in [0.25, 0.3) is 5.91 Å². The molecule has 1 aliphatic rings. The van der Waals surface area contributed by atoms with Gasteiger partial charge in [0.15, 0.2) is 17.3 Å². The summed E-state index contributed by atoms with van der Waals surface area (Å²) in [4.78, 5) is 33.2. The lowest BCUT2D eigenvalue weighted by molar-refractivity contribution is -0.196. The summed E-state index contributed by atoms with van der Waals surface area (Å²) in [6.07, 6.45) is -3.49. The summed E-state index contributed by atoms with van der Waals surface area (Å²) in [5.74, 6) is -3.01. The molecule has 1 aromatic heterocycles. The number of hydrogen-bond donors (Lipinski definition) is 1. The van der Waals surface area contributed by atoms with Crippen LogP contribution in [0.2, 0.25) is 10.0 Å². The highest BCUT2D eigenvalue weighted by molar-refractivity contribution is 6.36. The molecule has 0 aliphatic carbocycles. The number of likely N-dealkylation sites (tertiary alicyclic amines) is 1. The van der Waals surface area contributed by atoms with Gasteiger partial charge >= 0.3 is 12.1 Å². The van der Waals surface area contributed by atoms with Gasteiger partial charge in [-0.15, -0.1) is 0 Å². The zero-order valence-electron chi connectivity index (χ0n) is 20.3. The highest BCUT2D eigenvalue weighted by atomic mass is 35.5. The highest BCUT2D eigenvalue weighted by Crippen LogP contribution is 2.37. The van der Waals surface area contributed by atoms with Crippen molar-refractivity contribution in [3.63, 3.8) is 0 Å². The van der Waals surface area contributed by atoms with Crippen molar-refractivity contribution in [3.8, 4) is 11.5 Å². The largest absolute Gasteiger partial charge is 0.493 e. The van der Waals surface area contributed by atoms with Crippen LogP contribution in [0.4, 0.5) is 24.7 Å². The number of hydrogen-bond acceptors (Lipinski definition) is 8. The number of carbonyl (C=O) groups excluding carboxylic acids is 2. The highest BCUT2D eigenvalue weighted by Gasteiger charge is 2.42. The van der Waals surface area contributed by atoms with E-state index in [9.17, 15) is 22.8 Å². The van der Waals surface area contributed by atoms with E-state index in [0.717, 1.165) is 0 Å². The van der Waals surface area contributed by atoms with Crippen LogP contribution >= 0.6 is 23.2 Å². The molecule has 1 fully saturated rings. The minimum absolute atomic E-state index is 0.146. The lowest BCUT2D eigenvalue weighted by Crippen LogP contribution is -2.43. The molecule has 0 bridgehead atoms. The van der Waals surface area contributed by atoms with E-state index in [1.54, 1.807) is 30.3 Å². The number of methoxy groups -OCH3 is 1. The predicted molar refractivity (Wildman–Crippen MR) is 137 cm³/mol. The maximum absolute atomic E-state index is 12.4. The van der Waals surface area contributed by atoms with E-state index in [1.807, 2.05) is 0 Å². The van der Waals surface area contributed by atoms with Gasteiger partial charge in [0.05, 0.1) is 23.3 Å². The number of rotatable bonds is 7. The van der Waals surface area contributed by atoms with Crippen molar-refractivity contribution in [2.45, 2.75) is 25.1 Å². The van der Waals surface area contributed by atoms with Crippen LogP contribution in [0.3, 0.4) is 0 Å². The van der Waals surface area contributed by atoms with Crippen molar-refractivity contribution in [2.24, 2.45) is 0 Å². The Hall–Kier alpha value is -3.77. The number of esters is 1. The number of ether oxygens (including phenoxy) is 3. The number of alkyl halides is 3. The Morgan fingerprint density at radius 2 is 1.82 bits per heavy atom. The van der Waals surface area contributed by atoms with Gasteiger partial charge in [0, 0.05) is 42.4 Å². The van der Waals surface area contributed by atoms with Gasteiger partial charge in [0.1, 0.15) is 18.2 Å². The first-order valence-corrected chi connectivity index (χ1v) is 12.2. The van der Waals surface area contributed by atoms with Crippen LogP contribution in [0.5, 0.6) is 11.5 Å². The average Bonchev–Trinajstić information content (AvgIpc) is 2.89. The van der Waals surface area contributed by atoms with E-state index in [2.05, 4.69) is 26.6 Å². The minimum Gasteiger partial charge on any atom is -0.493 e. The maximum Gasteiger partial charge on any atom is 0.491 e. The topological polar surface area (TPSA) is 103 Å². The number of piperidine rings is 1. The second-order valence-electron chi connectivity index (χ2n) is 8.41. The molecule has 14 heteroatoms. The molecule has 206 valence electrons. The Morgan fingerprint density at radius 3 is 2.46 bits per heavy atom. The first kappa shape index (κ1) is 28.2. The van der Waals surface area contributed by atoms with E-state index in [-0.39, 0.29) is 19.2 Å². The van der Waals surface area contributed by atoms with Gasteiger partial charge < -0.3 is 24.4 Å². The Labute approximate surface area is 230 Å². The third kappa shape index (κ3) is 6.63. The number of nitrogens with one attached hydrogen (secondary N) is 1. The van der Waals surface area contributed by atoms with Crippen LogP contribution in [0.1, 0.15) is 12.8 Å². The van der Waals surface area contributed by atoms with Gasteiger partial charge in [-0.3, -0.25) is 4.79 Å². The van der Waals surface area contributed by atoms with Crippen molar-refractivity contribution in [1.82, 2.24) is 14.9 Å². The van der Waals surface area contributed by atoms with Crippen molar-refractivity contribution < 1.29 is 37.0 Å². The van der Waals surface area contributed by atoms with Gasteiger partial charge in [0.2, 0.25) is 0 Å². The van der Waals surface area contributed by atoms with Crippen molar-refractivity contribution in [1.29, 1.82) is 0 Å². The maximum atomic E-state index is 12.4. The van der Waals surface area contributed by atoms with Crippen molar-refractivity contribution >= 4 is 57.5 Å². The monoisotopic (exact) mass is 584 g/mol. The summed E-state index contributed by atoms with van der Waals surface area (Å²) in [5, 5.41) is 4.67. The van der Waals surface area contributed by atoms with Crippen molar-refractivity contribution in [3.05, 3.63) is 59.0 Å². The smallest absolute Gasteiger partial charge is 0.491 e. The quantitative estimate of drug-likeness (QED) is 0.215. The van der Waals surface area contributed by atoms with Crippen LogP contribution in [-0.4, -0.2) is 59.2 Å². The van der Waals surface area contributed by atoms with Crippen LogP contribution in [0.25, 0.3) is 10.9 Å². The fraction of sp³-hybridized carbons (Fsp3) is 0.280. The van der Waals surface area contributed by atoms with Crippen LogP contribution in [0, 0.1) is 0 Å². The van der Waals surface area contributed by atoms with E-state index < -0.39 is 23.8 Å². The third-order valence-corrected chi connectivity index (χ3v) is 6.36. The molecule has 4 rings (SSSR count). The number of amides is 1. The van der Waals surface area contributed by atoms with Gasteiger partial charge in [-0.25, -0.2) is 14.8 Å². The first-order chi connectivity index (χ1) is 18.5. The molecule has 1 N–H and O–H groups in total. The van der Waals surface area contributed by atoms with E-state index in [4.69, 9.17) is 32.7 Å². The fourth-order valence-electron chi connectivity index (χ4n) is 3.88. The summed E-state index contributed by atoms with van der Waals surface area (Å²) in [6, 6.07) is 8.41. The summed E-state index contributed by atoms with van der Waals surface area (Å²) in [5.41, 5.74) is 1.16. The van der Waals surface area contributed by atoms with E-state index in [0.29, 0.717) is 56.8 Å². The zero-order chi connectivity index (χ0) is 28.3. The van der Waals surface area contributed by atoms with E-state index in [1.165, 1.54) is 18.3 Å². The molecule has 2 aromatic carbocycles. The lowest BCUT2D eigenvalue weighted by atomic mass is 10.1. The van der Waals surface area contributed by atoms with Crippen LogP contribution < -0.4 is 14.8 Å². The summed E-state index contributed by atoms with van der Waals surface area (Å²) in [7, 11) is 1.48. The molecular weight excluding hydrogens is 564 g/mol. The molecule has 0 atom stereocenters. The third-order valence-electron chi connectivity index (χ3n) is 5.81. The first-order valence-electron chi connectivity index (χ1n) is 11.4. The number of fused-ring (bicyclic) bond motifs is 1. The van der Waals surface area contributed by atoms with E-state index >= 15 is 0 Å². The fourth-order valence-corrected chi connectivity index (χ4v) is 4.34. The Balaban J connectivity index is 1.47. The molecule has 1 saturated heterocycles. The number of halogens is 5. The number of aromatic nitrogens is 2. The second kappa shape index (κ2) is 11.5. The van der Waals surface area contributed by atoms with Crippen molar-refractivity contribution in [2.75, 3.05) is 25.5 Å². The van der Waals surface area contributed by atoms with Gasteiger partial charge in [-0.1, -0.05) is 29.8 Å². The predicted octanol–water partition coefficient (Wildman–Crippen LogP) is 5.68. The van der Waals surface area contributed by atoms with Gasteiger partial charge in [-0.05, 0) is 24.3 Å². The molecule has 3 aromatic rings. The molecular formula is C25H21Cl2F3N4O5. The standard InChI is InChI=1S/C25H21Cl2F3N4O5/c1-13(38-24(36)25(28,29)30)23(35)34-7-5-15(6-8-34)39-21-10-16-19(11-20(21)37-2)31-12-32-22(16)33-18-4-3-14(26)9-17(18)27/h3-4,9-12,15H,1,5-8H2,2H3,(H,31,32,33). The minimum atomic E-state index is -5.23. The molecule has 2 heterocycles. The molecule has 1 aliphatic heterocycles. The summed E-state index contributed by atoms with van der Waals surface area (Å²) in [6.45, 7) is 3.45. The number of benzene rings is 2. The summed E-state index contributed by atoms with van der Waals surface area (Å²) < 4.78 is 53.0. The molecule has 0 radical (unpaired) electrons. The molecule has 39 heavy (non-hydrogen) atoms. The van der Waals surface area contributed by atoms with Crippen LogP contribution in [0.15, 0.2) is 49.0 Å². The number of carbonyl (C=O) groups is 2. The molecule has 0 unspecified atom stereocenters. The van der Waals surface area contributed by atoms with Crippen LogP contribution in [-0.2, 0) is 14.3 Å². The molecule has 9 nitrogen and oxygen atoms in total. The zero-order valence-corrected chi connectivity index (χ0v) is 21.9. The Kier molecular flexibility index (Phi) is 8.36. The average molecular weight is 585 g/mol. The number of nitrogens with zero attached hydrogens (tertiary/aromatic N) is 3.